The van der Waals surface area contributed by atoms with E-state index in [1.807, 2.05) is 6.92 Å². The van der Waals surface area contributed by atoms with Crippen LogP contribution < -0.4 is 24.4 Å². The Kier molecular flexibility index (Phi) is 10.2. The van der Waals surface area contributed by atoms with Gasteiger partial charge >= 0.3 is 11.9 Å². The number of methoxy groups -OCH3 is 2. The van der Waals surface area contributed by atoms with Crippen LogP contribution in [0.1, 0.15) is 48.5 Å². The zero-order chi connectivity index (χ0) is 32.8. The summed E-state index contributed by atoms with van der Waals surface area (Å²) in [6.45, 7) is 6.18. The fourth-order valence-electron chi connectivity index (χ4n) is 5.08. The number of carbonyl (C=O) groups is 2. The van der Waals surface area contributed by atoms with Crippen LogP contribution in [0, 0.1) is 0 Å². The Balaban J connectivity index is 1.59. The number of aromatic nitrogens is 1. The number of benzene rings is 2. The van der Waals surface area contributed by atoms with Crippen molar-refractivity contribution in [1.29, 1.82) is 0 Å². The van der Waals surface area contributed by atoms with E-state index in [1.54, 1.807) is 74.5 Å². The van der Waals surface area contributed by atoms with E-state index < -0.39 is 18.0 Å². The lowest BCUT2D eigenvalue weighted by Gasteiger charge is -2.27. The minimum absolute atomic E-state index is 0.0338. The SMILES string of the molecule is CCOC(=O)c1ccc(-c2ccc(/C=c3/sc4n(c3=O)[C@@H](c3cccc(OC)c3OCC)C(C(=O)OCCOC)=C(C)N=4)o2)cc1. The van der Waals surface area contributed by atoms with Gasteiger partial charge in [0.1, 0.15) is 24.2 Å². The molecule has 0 spiro atoms. The summed E-state index contributed by atoms with van der Waals surface area (Å²) < 4.78 is 35.1. The Morgan fingerprint density at radius 3 is 2.46 bits per heavy atom. The van der Waals surface area contributed by atoms with E-state index in [9.17, 15) is 14.4 Å². The second-order valence-corrected chi connectivity index (χ2v) is 11.0. The van der Waals surface area contributed by atoms with Crippen molar-refractivity contribution in [2.45, 2.75) is 26.8 Å². The summed E-state index contributed by atoms with van der Waals surface area (Å²) in [5.41, 5.74) is 1.99. The maximum Gasteiger partial charge on any atom is 0.338 e. The molecule has 0 unspecified atom stereocenters. The van der Waals surface area contributed by atoms with E-state index in [1.165, 1.54) is 30.1 Å². The molecular formula is C34H34N2O9S. The minimum atomic E-state index is -0.907. The quantitative estimate of drug-likeness (QED) is 0.164. The van der Waals surface area contributed by atoms with Crippen LogP contribution in [0.15, 0.2) is 80.1 Å². The molecule has 4 aromatic rings. The predicted octanol–water partition coefficient (Wildman–Crippen LogP) is 4.27. The summed E-state index contributed by atoms with van der Waals surface area (Å²) in [5, 5.41) is 0. The van der Waals surface area contributed by atoms with Gasteiger partial charge in [0.2, 0.25) is 0 Å². The summed E-state index contributed by atoms with van der Waals surface area (Å²) in [6.07, 6.45) is 1.64. The Morgan fingerprint density at radius 2 is 1.76 bits per heavy atom. The minimum Gasteiger partial charge on any atom is -0.493 e. The maximum atomic E-state index is 14.1. The summed E-state index contributed by atoms with van der Waals surface area (Å²) in [6, 6.07) is 14.8. The van der Waals surface area contributed by atoms with E-state index in [2.05, 4.69) is 4.99 Å². The Bertz CT molecular complexity index is 1950. The first-order chi connectivity index (χ1) is 22.3. The van der Waals surface area contributed by atoms with Gasteiger partial charge in [-0.05, 0) is 51.1 Å². The molecule has 2 aromatic carbocycles. The molecule has 240 valence electrons. The topological polar surface area (TPSA) is 128 Å². The van der Waals surface area contributed by atoms with Crippen molar-refractivity contribution in [3.05, 3.63) is 102 Å². The molecule has 0 radical (unpaired) electrons. The molecule has 0 bridgehead atoms. The third-order valence-electron chi connectivity index (χ3n) is 7.16. The summed E-state index contributed by atoms with van der Waals surface area (Å²) in [7, 11) is 3.04. The molecule has 0 aliphatic carbocycles. The Labute approximate surface area is 269 Å². The van der Waals surface area contributed by atoms with E-state index in [-0.39, 0.29) is 24.3 Å². The molecule has 0 amide bonds. The number of ether oxygens (including phenoxy) is 5. The van der Waals surface area contributed by atoms with Crippen LogP contribution in [-0.4, -0.2) is 57.2 Å². The van der Waals surface area contributed by atoms with Gasteiger partial charge < -0.3 is 28.1 Å². The summed E-state index contributed by atoms with van der Waals surface area (Å²) in [4.78, 5) is 44.7. The van der Waals surface area contributed by atoms with Crippen molar-refractivity contribution in [2.75, 3.05) is 40.6 Å². The van der Waals surface area contributed by atoms with Gasteiger partial charge in [-0.15, -0.1) is 0 Å². The van der Waals surface area contributed by atoms with Gasteiger partial charge in [-0.1, -0.05) is 35.6 Å². The highest BCUT2D eigenvalue weighted by Crippen LogP contribution is 2.40. The molecule has 11 nitrogen and oxygen atoms in total. The van der Waals surface area contributed by atoms with Gasteiger partial charge in [0, 0.05) is 24.3 Å². The molecule has 0 saturated heterocycles. The molecule has 1 atom stereocenters. The first kappa shape index (κ1) is 32.5. The lowest BCUT2D eigenvalue weighted by atomic mass is 9.94. The normalized spacial score (nSPS) is 14.5. The molecule has 0 N–H and O–H groups in total. The highest BCUT2D eigenvalue weighted by molar-refractivity contribution is 7.07. The zero-order valence-corrected chi connectivity index (χ0v) is 27.0. The van der Waals surface area contributed by atoms with Gasteiger partial charge in [-0.3, -0.25) is 9.36 Å². The van der Waals surface area contributed by atoms with Crippen LogP contribution in [0.5, 0.6) is 11.5 Å². The smallest absolute Gasteiger partial charge is 0.338 e. The van der Waals surface area contributed by atoms with Crippen molar-refractivity contribution in [3.63, 3.8) is 0 Å². The summed E-state index contributed by atoms with van der Waals surface area (Å²) >= 11 is 1.18. The highest BCUT2D eigenvalue weighted by atomic mass is 32.1. The van der Waals surface area contributed by atoms with Gasteiger partial charge in [0.15, 0.2) is 16.3 Å². The Hall–Kier alpha value is -4.94. The lowest BCUT2D eigenvalue weighted by molar-refractivity contribution is -0.140. The van der Waals surface area contributed by atoms with Crippen LogP contribution in [0.3, 0.4) is 0 Å². The van der Waals surface area contributed by atoms with Crippen molar-refractivity contribution >= 4 is 29.4 Å². The van der Waals surface area contributed by atoms with E-state index in [0.29, 0.717) is 62.4 Å². The standard InChI is InChI=1S/C34H34N2O9S/c1-6-42-30-24(9-8-10-26(30)41-5)29-28(33(39)44-18-17-40-4)20(3)35-34-36(29)31(37)27(46-34)19-23-15-16-25(45-23)21-11-13-22(14-12-21)32(38)43-7-2/h8-16,19,29H,6-7,17-18H2,1-5H3/b27-19+/t29-/m0/s1. The average Bonchev–Trinajstić information content (AvgIpc) is 3.64. The molecule has 1 aliphatic rings. The number of carbonyl (C=O) groups excluding carboxylic acids is 2. The van der Waals surface area contributed by atoms with Gasteiger partial charge in [0.05, 0.1) is 48.3 Å². The molecule has 3 heterocycles. The van der Waals surface area contributed by atoms with Crippen molar-refractivity contribution in [1.82, 2.24) is 4.57 Å². The molecule has 0 fully saturated rings. The summed E-state index contributed by atoms with van der Waals surface area (Å²) in [5.74, 6) is 0.856. The first-order valence-corrected chi connectivity index (χ1v) is 15.5. The number of hydrogen-bond acceptors (Lipinski definition) is 11. The predicted molar refractivity (Wildman–Crippen MR) is 171 cm³/mol. The third-order valence-corrected chi connectivity index (χ3v) is 8.14. The number of rotatable bonds is 12. The van der Waals surface area contributed by atoms with Crippen molar-refractivity contribution in [2.24, 2.45) is 4.99 Å². The van der Waals surface area contributed by atoms with Gasteiger partial charge in [-0.25, -0.2) is 14.6 Å². The van der Waals surface area contributed by atoms with Crippen LogP contribution in [0.4, 0.5) is 0 Å². The molecule has 0 saturated carbocycles. The highest BCUT2D eigenvalue weighted by Gasteiger charge is 2.36. The molecule has 1 aliphatic heterocycles. The number of hydrogen-bond donors (Lipinski definition) is 0. The number of fused-ring (bicyclic) bond motifs is 1. The molecule has 2 aromatic heterocycles. The molecular weight excluding hydrogens is 612 g/mol. The maximum absolute atomic E-state index is 14.1. The van der Waals surface area contributed by atoms with Crippen LogP contribution >= 0.6 is 11.3 Å². The number of furan rings is 1. The number of thiazole rings is 1. The fraction of sp³-hybridized carbons (Fsp3) is 0.294. The first-order valence-electron chi connectivity index (χ1n) is 14.7. The number of para-hydroxylation sites is 1. The second-order valence-electron chi connectivity index (χ2n) is 10.0. The molecule has 46 heavy (non-hydrogen) atoms. The second kappa shape index (κ2) is 14.4. The van der Waals surface area contributed by atoms with E-state index in [4.69, 9.17) is 28.1 Å². The number of allylic oxidation sites excluding steroid dienone is 1. The zero-order valence-electron chi connectivity index (χ0n) is 26.2. The molecule has 12 heteroatoms. The van der Waals surface area contributed by atoms with Crippen molar-refractivity contribution in [3.8, 4) is 22.8 Å². The van der Waals surface area contributed by atoms with E-state index >= 15 is 0 Å². The average molecular weight is 647 g/mol. The number of nitrogens with zero attached hydrogens (tertiary/aromatic N) is 2. The van der Waals surface area contributed by atoms with E-state index in [0.717, 1.165) is 5.56 Å². The monoisotopic (exact) mass is 646 g/mol. The fourth-order valence-corrected chi connectivity index (χ4v) is 6.11. The third kappa shape index (κ3) is 6.53. The largest absolute Gasteiger partial charge is 0.493 e. The van der Waals surface area contributed by atoms with Crippen molar-refractivity contribution < 1.29 is 37.7 Å². The van der Waals surface area contributed by atoms with Gasteiger partial charge in [0.25, 0.3) is 5.56 Å². The van der Waals surface area contributed by atoms with Crippen LogP contribution in [0.25, 0.3) is 17.4 Å². The van der Waals surface area contributed by atoms with Crippen LogP contribution in [0.2, 0.25) is 0 Å². The van der Waals surface area contributed by atoms with Crippen LogP contribution in [-0.2, 0) is 19.0 Å². The number of esters is 2. The molecule has 5 rings (SSSR count). The van der Waals surface area contributed by atoms with Gasteiger partial charge in [-0.2, -0.15) is 0 Å². The lowest BCUT2D eigenvalue weighted by Crippen LogP contribution is -2.40. The Morgan fingerprint density at radius 1 is 0.978 bits per heavy atom.